The van der Waals surface area contributed by atoms with Crippen molar-refractivity contribution >= 4 is 28.0 Å². The normalized spacial score (nSPS) is 12.8. The molecule has 0 unspecified atom stereocenters. The van der Waals surface area contributed by atoms with E-state index in [9.17, 15) is 0 Å². The summed E-state index contributed by atoms with van der Waals surface area (Å²) in [6, 6.07) is 8.18. The van der Waals surface area contributed by atoms with E-state index in [0.29, 0.717) is 6.61 Å². The van der Waals surface area contributed by atoms with Gasteiger partial charge in [0.25, 0.3) is 0 Å². The fourth-order valence-corrected chi connectivity index (χ4v) is 2.33. The molecule has 0 spiro atoms. The Morgan fingerprint density at radius 1 is 1.44 bits per heavy atom. The van der Waals surface area contributed by atoms with Gasteiger partial charge in [0, 0.05) is 7.05 Å². The Kier molecular flexibility index (Phi) is 3.36. The first-order valence-corrected chi connectivity index (χ1v) is 5.86. The first-order valence-electron chi connectivity index (χ1n) is 5.04. The van der Waals surface area contributed by atoms with Gasteiger partial charge >= 0.3 is 0 Å². The van der Waals surface area contributed by atoms with Gasteiger partial charge in [-0.25, -0.2) is 0 Å². The Morgan fingerprint density at radius 2 is 2.25 bits per heavy atom. The van der Waals surface area contributed by atoms with E-state index in [1.165, 1.54) is 11.1 Å². The predicted molar refractivity (Wildman–Crippen MR) is 66.5 cm³/mol. The van der Waals surface area contributed by atoms with Crippen LogP contribution < -0.4 is 4.80 Å². The summed E-state index contributed by atoms with van der Waals surface area (Å²) in [6.45, 7) is 2.52. The Morgan fingerprint density at radius 3 is 3.00 bits per heavy atom. The van der Waals surface area contributed by atoms with Crippen LogP contribution in [0.15, 0.2) is 34.5 Å². The van der Waals surface area contributed by atoms with Crippen LogP contribution in [0, 0.1) is 0 Å². The molecule has 16 heavy (non-hydrogen) atoms. The molecule has 1 aromatic carbocycles. The van der Waals surface area contributed by atoms with Gasteiger partial charge < -0.3 is 9.30 Å². The molecule has 0 atom stereocenters. The van der Waals surface area contributed by atoms with Crippen molar-refractivity contribution in [2.75, 3.05) is 6.61 Å². The number of ether oxygens (including phenoxy) is 1. The van der Waals surface area contributed by atoms with Crippen molar-refractivity contribution in [3.05, 3.63) is 29.1 Å². The molecule has 2 aromatic rings. The third kappa shape index (κ3) is 2.14. The third-order valence-corrected chi connectivity index (χ3v) is 3.25. The summed E-state index contributed by atoms with van der Waals surface area (Å²) in [5.74, 6) is 0. The van der Waals surface area contributed by atoms with Gasteiger partial charge in [-0.3, -0.25) is 0 Å². The number of hydrogen-bond acceptors (Lipinski definition) is 4. The lowest BCUT2D eigenvalue weighted by molar-refractivity contribution is 0.342. The van der Waals surface area contributed by atoms with Gasteiger partial charge in [-0.05, 0) is 19.1 Å². The van der Waals surface area contributed by atoms with Crippen LogP contribution in [0.3, 0.4) is 0 Å². The van der Waals surface area contributed by atoms with Crippen molar-refractivity contribution in [1.82, 2.24) is 4.57 Å². The molecule has 0 bridgehead atoms. The summed E-state index contributed by atoms with van der Waals surface area (Å²) in [4.78, 5) is 0.858. The summed E-state index contributed by atoms with van der Waals surface area (Å²) in [6.07, 6.45) is 1.37. The molecule has 0 saturated heterocycles. The van der Waals surface area contributed by atoms with E-state index in [1.807, 2.05) is 30.7 Å². The average molecular weight is 235 g/mol. The van der Waals surface area contributed by atoms with Crippen molar-refractivity contribution in [2.45, 2.75) is 6.92 Å². The van der Waals surface area contributed by atoms with Crippen LogP contribution >= 0.6 is 11.3 Å². The Labute approximate surface area is 97.5 Å². The van der Waals surface area contributed by atoms with Crippen LogP contribution in [0.4, 0.5) is 0 Å². The van der Waals surface area contributed by atoms with E-state index in [0.717, 1.165) is 10.3 Å². The second-order valence-corrected chi connectivity index (χ2v) is 4.20. The van der Waals surface area contributed by atoms with Gasteiger partial charge in [-0.1, -0.05) is 23.5 Å². The molecule has 2 rings (SSSR count). The predicted octanol–water partition coefficient (Wildman–Crippen LogP) is 2.12. The highest BCUT2D eigenvalue weighted by molar-refractivity contribution is 7.16. The van der Waals surface area contributed by atoms with Crippen molar-refractivity contribution in [3.8, 4) is 0 Å². The minimum atomic E-state index is 0.609. The maximum absolute atomic E-state index is 4.98. The molecule has 0 aliphatic rings. The highest BCUT2D eigenvalue weighted by atomic mass is 32.1. The molecule has 0 N–H and O–H groups in total. The van der Waals surface area contributed by atoms with E-state index in [2.05, 4.69) is 22.3 Å². The highest BCUT2D eigenvalue weighted by Gasteiger charge is 1.99. The van der Waals surface area contributed by atoms with E-state index < -0.39 is 0 Å². The first-order chi connectivity index (χ1) is 7.83. The van der Waals surface area contributed by atoms with E-state index in [-0.39, 0.29) is 0 Å². The van der Waals surface area contributed by atoms with Crippen LogP contribution in [0.2, 0.25) is 0 Å². The van der Waals surface area contributed by atoms with Crippen molar-refractivity contribution in [1.29, 1.82) is 0 Å². The zero-order chi connectivity index (χ0) is 11.4. The lowest BCUT2D eigenvalue weighted by Crippen LogP contribution is -2.08. The monoisotopic (exact) mass is 235 g/mol. The van der Waals surface area contributed by atoms with Crippen LogP contribution in [-0.4, -0.2) is 17.6 Å². The van der Waals surface area contributed by atoms with E-state index in [1.54, 1.807) is 11.3 Å². The summed E-state index contributed by atoms with van der Waals surface area (Å²) >= 11 is 1.61. The summed E-state index contributed by atoms with van der Waals surface area (Å²) in [7, 11) is 1.98. The lowest BCUT2D eigenvalue weighted by Gasteiger charge is -1.92. The minimum Gasteiger partial charge on any atom is -0.482 e. The molecular weight excluding hydrogens is 222 g/mol. The highest BCUT2D eigenvalue weighted by Crippen LogP contribution is 2.14. The van der Waals surface area contributed by atoms with Gasteiger partial charge in [0.15, 0.2) is 6.40 Å². The number of nitrogens with zero attached hydrogens (tertiary/aromatic N) is 3. The van der Waals surface area contributed by atoms with Crippen LogP contribution in [0.5, 0.6) is 0 Å². The second kappa shape index (κ2) is 4.94. The third-order valence-electron chi connectivity index (χ3n) is 2.15. The molecule has 1 heterocycles. The van der Waals surface area contributed by atoms with Gasteiger partial charge in [0.1, 0.15) is 0 Å². The van der Waals surface area contributed by atoms with Crippen LogP contribution in [-0.2, 0) is 11.8 Å². The molecule has 0 radical (unpaired) electrons. The Hall–Kier alpha value is -1.62. The summed E-state index contributed by atoms with van der Waals surface area (Å²) < 4.78 is 8.20. The molecule has 0 aliphatic heterocycles. The standard InChI is InChI=1S/C11H13N3OS/c1-3-15-8-12-13-11-14(2)9-6-4-5-7-10(9)16-11/h4-8H,3H2,1-2H3/b12-8-,13-11+. The fraction of sp³-hybridized carbons (Fsp3) is 0.273. The molecule has 1 aromatic heterocycles. The van der Waals surface area contributed by atoms with Crippen molar-refractivity contribution in [3.63, 3.8) is 0 Å². The summed E-state index contributed by atoms with van der Waals surface area (Å²) in [5.41, 5.74) is 1.16. The van der Waals surface area contributed by atoms with Gasteiger partial charge in [-0.2, -0.15) is 0 Å². The maximum atomic E-state index is 4.98. The Balaban J connectivity index is 2.41. The number of benzene rings is 1. The van der Waals surface area contributed by atoms with Crippen LogP contribution in [0.25, 0.3) is 10.2 Å². The molecule has 0 saturated carbocycles. The average Bonchev–Trinajstić information content (AvgIpc) is 2.63. The smallest absolute Gasteiger partial charge is 0.211 e. The van der Waals surface area contributed by atoms with Crippen molar-refractivity contribution in [2.24, 2.45) is 17.3 Å². The minimum absolute atomic E-state index is 0.609. The molecule has 84 valence electrons. The number of aryl methyl sites for hydroxylation is 1. The number of rotatable bonds is 3. The largest absolute Gasteiger partial charge is 0.482 e. The molecule has 0 aliphatic carbocycles. The SMILES string of the molecule is CCO/C=N\N=c1\sc2ccccc2n1C. The zero-order valence-corrected chi connectivity index (χ0v) is 10.1. The number of fused-ring (bicyclic) bond motifs is 1. The second-order valence-electron chi connectivity index (χ2n) is 3.19. The number of thiazole rings is 1. The summed E-state index contributed by atoms with van der Waals surface area (Å²) in [5, 5.41) is 7.96. The first kappa shape index (κ1) is 10.9. The zero-order valence-electron chi connectivity index (χ0n) is 9.25. The maximum Gasteiger partial charge on any atom is 0.211 e. The van der Waals surface area contributed by atoms with Gasteiger partial charge in [0.2, 0.25) is 4.80 Å². The molecule has 5 heteroatoms. The number of aromatic nitrogens is 1. The van der Waals surface area contributed by atoms with E-state index in [4.69, 9.17) is 4.74 Å². The van der Waals surface area contributed by atoms with Gasteiger partial charge in [0.05, 0.1) is 16.8 Å². The molecular formula is C11H13N3OS. The van der Waals surface area contributed by atoms with Crippen molar-refractivity contribution < 1.29 is 4.74 Å². The molecule has 0 fully saturated rings. The van der Waals surface area contributed by atoms with E-state index >= 15 is 0 Å². The van der Waals surface area contributed by atoms with Crippen LogP contribution in [0.1, 0.15) is 6.92 Å². The number of hydrogen-bond donors (Lipinski definition) is 0. The lowest BCUT2D eigenvalue weighted by atomic mass is 10.3. The number of para-hydroxylation sites is 1. The molecule has 4 nitrogen and oxygen atoms in total. The molecule has 0 amide bonds. The fourth-order valence-electron chi connectivity index (χ4n) is 1.36. The topological polar surface area (TPSA) is 38.9 Å². The quantitative estimate of drug-likeness (QED) is 0.456. The van der Waals surface area contributed by atoms with Gasteiger partial charge in [-0.15, -0.1) is 10.2 Å². The Bertz CT molecular complexity index is 568.